The number of piperidine rings is 1. The molecule has 0 radical (unpaired) electrons. The normalized spacial score (nSPS) is 16.0. The van der Waals surface area contributed by atoms with Crippen LogP contribution in [0.3, 0.4) is 0 Å². The van der Waals surface area contributed by atoms with Crippen LogP contribution >= 0.6 is 15.9 Å². The zero-order valence-electron chi connectivity index (χ0n) is 9.28. The van der Waals surface area contributed by atoms with Gasteiger partial charge >= 0.3 is 0 Å². The lowest BCUT2D eigenvalue weighted by molar-refractivity contribution is 0.667. The molecule has 1 saturated heterocycles. The van der Waals surface area contributed by atoms with Crippen LogP contribution in [0, 0.1) is 0 Å². The first-order valence-electron chi connectivity index (χ1n) is 5.39. The summed E-state index contributed by atoms with van der Waals surface area (Å²) in [7, 11) is 1.93. The maximum atomic E-state index is 4.57. The third-order valence-corrected chi connectivity index (χ3v) is 2.95. The van der Waals surface area contributed by atoms with Crippen LogP contribution in [0.2, 0.25) is 0 Å². The Morgan fingerprint density at radius 3 is 2.81 bits per heavy atom. The zero-order valence-corrected chi connectivity index (χ0v) is 10.9. The summed E-state index contributed by atoms with van der Waals surface area (Å²) in [5, 5.41) is 9.73. The van der Waals surface area contributed by atoms with E-state index in [0.29, 0.717) is 0 Å². The highest BCUT2D eigenvalue weighted by molar-refractivity contribution is 9.10. The van der Waals surface area contributed by atoms with Gasteiger partial charge in [-0.1, -0.05) is 6.07 Å². The van der Waals surface area contributed by atoms with Crippen molar-refractivity contribution in [2.24, 2.45) is 5.10 Å². The van der Waals surface area contributed by atoms with E-state index in [0.717, 1.165) is 36.4 Å². The van der Waals surface area contributed by atoms with E-state index in [9.17, 15) is 0 Å². The fourth-order valence-electron chi connectivity index (χ4n) is 1.66. The Balaban J connectivity index is 2.09. The number of halogens is 1. The molecule has 0 aliphatic carbocycles. The molecule has 1 fully saturated rings. The minimum Gasteiger partial charge on any atom is -0.316 e. The molecule has 0 atom stereocenters. The van der Waals surface area contributed by atoms with Crippen molar-refractivity contribution in [3.8, 4) is 0 Å². The van der Waals surface area contributed by atoms with Gasteiger partial charge in [0.15, 0.2) is 0 Å². The van der Waals surface area contributed by atoms with Gasteiger partial charge in [0, 0.05) is 38.7 Å². The second-order valence-electron chi connectivity index (χ2n) is 3.76. The molecule has 0 bridgehead atoms. The third kappa shape index (κ3) is 3.02. The summed E-state index contributed by atoms with van der Waals surface area (Å²) in [6.07, 6.45) is 2.05. The first-order chi connectivity index (χ1) is 7.75. The Bertz CT molecular complexity index is 383. The number of hydrogen-bond acceptors (Lipinski definition) is 4. The van der Waals surface area contributed by atoms with Gasteiger partial charge in [-0.25, -0.2) is 4.98 Å². The lowest BCUT2D eigenvalue weighted by atomic mass is 10.1. The van der Waals surface area contributed by atoms with Gasteiger partial charge in [0.05, 0.1) is 0 Å². The van der Waals surface area contributed by atoms with Crippen LogP contribution in [0.25, 0.3) is 0 Å². The highest BCUT2D eigenvalue weighted by Gasteiger charge is 2.08. The quantitative estimate of drug-likeness (QED) is 0.667. The summed E-state index contributed by atoms with van der Waals surface area (Å²) < 4.78 is 0.836. The second-order valence-corrected chi connectivity index (χ2v) is 4.57. The van der Waals surface area contributed by atoms with E-state index >= 15 is 0 Å². The first kappa shape index (κ1) is 11.5. The number of nitrogens with one attached hydrogen (secondary N) is 1. The predicted octanol–water partition coefficient (Wildman–Crippen LogP) is 2.02. The summed E-state index contributed by atoms with van der Waals surface area (Å²) in [5.74, 6) is 0.861. The molecule has 2 heterocycles. The molecule has 0 aromatic carbocycles. The SMILES string of the molecule is CN(N=C1CCNCC1)c1cccc(Br)n1. The van der Waals surface area contributed by atoms with Crippen molar-refractivity contribution in [3.63, 3.8) is 0 Å². The molecule has 1 aromatic rings. The van der Waals surface area contributed by atoms with Gasteiger partial charge in [-0.15, -0.1) is 0 Å². The lowest BCUT2D eigenvalue weighted by Gasteiger charge is -2.18. The third-order valence-electron chi connectivity index (χ3n) is 2.50. The summed E-state index contributed by atoms with van der Waals surface area (Å²) in [6.45, 7) is 2.05. The van der Waals surface area contributed by atoms with Crippen LogP contribution in [0.5, 0.6) is 0 Å². The summed E-state index contributed by atoms with van der Waals surface area (Å²) >= 11 is 3.36. The molecule has 16 heavy (non-hydrogen) atoms. The molecule has 5 heteroatoms. The van der Waals surface area contributed by atoms with Gasteiger partial charge in [-0.3, -0.25) is 5.01 Å². The van der Waals surface area contributed by atoms with Crippen molar-refractivity contribution in [2.45, 2.75) is 12.8 Å². The number of anilines is 1. The summed E-state index contributed by atoms with van der Waals surface area (Å²) in [6, 6.07) is 5.83. The average molecular weight is 283 g/mol. The Morgan fingerprint density at radius 1 is 1.38 bits per heavy atom. The largest absolute Gasteiger partial charge is 0.316 e. The van der Waals surface area contributed by atoms with Crippen LogP contribution in [0.1, 0.15) is 12.8 Å². The summed E-state index contributed by atoms with van der Waals surface area (Å²) in [4.78, 5) is 4.36. The average Bonchev–Trinajstić information content (AvgIpc) is 2.30. The monoisotopic (exact) mass is 282 g/mol. The molecule has 1 aliphatic rings. The van der Waals surface area contributed by atoms with Gasteiger partial charge in [-0.05, 0) is 28.1 Å². The van der Waals surface area contributed by atoms with Crippen molar-refractivity contribution in [3.05, 3.63) is 22.8 Å². The number of rotatable bonds is 2. The molecule has 2 rings (SSSR count). The number of nitrogens with zero attached hydrogens (tertiary/aromatic N) is 3. The Kier molecular flexibility index (Phi) is 3.90. The zero-order chi connectivity index (χ0) is 11.4. The maximum absolute atomic E-state index is 4.57. The fraction of sp³-hybridized carbons (Fsp3) is 0.455. The first-order valence-corrected chi connectivity index (χ1v) is 6.18. The number of hydrazone groups is 1. The van der Waals surface area contributed by atoms with Crippen molar-refractivity contribution in [2.75, 3.05) is 25.1 Å². The Morgan fingerprint density at radius 2 is 2.12 bits per heavy atom. The van der Waals surface area contributed by atoms with Gasteiger partial charge in [-0.2, -0.15) is 5.10 Å². The second kappa shape index (κ2) is 5.41. The predicted molar refractivity (Wildman–Crippen MR) is 69.9 cm³/mol. The van der Waals surface area contributed by atoms with Crippen LogP contribution in [0.4, 0.5) is 5.82 Å². The van der Waals surface area contributed by atoms with E-state index in [1.807, 2.05) is 30.3 Å². The molecular weight excluding hydrogens is 268 g/mol. The van der Waals surface area contributed by atoms with Gasteiger partial charge in [0.25, 0.3) is 0 Å². The van der Waals surface area contributed by atoms with E-state index in [2.05, 4.69) is 31.3 Å². The lowest BCUT2D eigenvalue weighted by Crippen LogP contribution is -2.29. The molecule has 1 aromatic heterocycles. The van der Waals surface area contributed by atoms with E-state index in [-0.39, 0.29) is 0 Å². The van der Waals surface area contributed by atoms with E-state index in [1.54, 1.807) is 0 Å². The molecule has 86 valence electrons. The van der Waals surface area contributed by atoms with E-state index < -0.39 is 0 Å². The molecule has 0 unspecified atom stereocenters. The number of aromatic nitrogens is 1. The van der Waals surface area contributed by atoms with Crippen molar-refractivity contribution in [1.29, 1.82) is 0 Å². The number of hydrogen-bond donors (Lipinski definition) is 1. The van der Waals surface area contributed by atoms with Crippen LogP contribution in [0.15, 0.2) is 27.9 Å². The standard InChI is InChI=1S/C11H15BrN4/c1-16(11-4-2-3-10(12)14-11)15-9-5-7-13-8-6-9/h2-4,13H,5-8H2,1H3. The van der Waals surface area contributed by atoms with Crippen molar-refractivity contribution >= 4 is 27.5 Å². The Hall–Kier alpha value is -0.940. The van der Waals surface area contributed by atoms with Crippen LogP contribution in [-0.2, 0) is 0 Å². The minimum atomic E-state index is 0.836. The van der Waals surface area contributed by atoms with Crippen molar-refractivity contribution < 1.29 is 0 Å². The van der Waals surface area contributed by atoms with Crippen LogP contribution < -0.4 is 10.3 Å². The maximum Gasteiger partial charge on any atom is 0.149 e. The molecule has 0 spiro atoms. The van der Waals surface area contributed by atoms with Crippen molar-refractivity contribution in [1.82, 2.24) is 10.3 Å². The molecule has 4 nitrogen and oxygen atoms in total. The van der Waals surface area contributed by atoms with Gasteiger partial charge in [0.2, 0.25) is 0 Å². The van der Waals surface area contributed by atoms with Gasteiger partial charge in [0.1, 0.15) is 10.4 Å². The van der Waals surface area contributed by atoms with E-state index in [1.165, 1.54) is 5.71 Å². The fourth-order valence-corrected chi connectivity index (χ4v) is 1.99. The smallest absolute Gasteiger partial charge is 0.149 e. The minimum absolute atomic E-state index is 0.836. The molecule has 1 aliphatic heterocycles. The molecular formula is C11H15BrN4. The number of pyridine rings is 1. The topological polar surface area (TPSA) is 40.5 Å². The highest BCUT2D eigenvalue weighted by atomic mass is 79.9. The molecule has 1 N–H and O–H groups in total. The summed E-state index contributed by atoms with van der Waals surface area (Å²) in [5.41, 5.74) is 1.24. The van der Waals surface area contributed by atoms with E-state index in [4.69, 9.17) is 0 Å². The Labute approximate surface area is 104 Å². The highest BCUT2D eigenvalue weighted by Crippen LogP contribution is 2.14. The van der Waals surface area contributed by atoms with Crippen LogP contribution in [-0.4, -0.2) is 30.8 Å². The van der Waals surface area contributed by atoms with Gasteiger partial charge < -0.3 is 5.32 Å². The molecule has 0 saturated carbocycles. The molecule has 0 amide bonds.